The highest BCUT2D eigenvalue weighted by atomic mass is 16.5. The lowest BCUT2D eigenvalue weighted by Gasteiger charge is -2.63. The van der Waals surface area contributed by atoms with Gasteiger partial charge in [0.05, 0.1) is 17.3 Å². The summed E-state index contributed by atoms with van der Waals surface area (Å²) in [4.78, 5) is 76.4. The van der Waals surface area contributed by atoms with Gasteiger partial charge in [-0.2, -0.15) is 5.26 Å². The zero-order valence-electron chi connectivity index (χ0n) is 34.4. The monoisotopic (exact) mass is 800 g/mol. The van der Waals surface area contributed by atoms with E-state index in [1.165, 1.54) is 0 Å². The highest BCUT2D eigenvalue weighted by Gasteiger charge is 2.64. The summed E-state index contributed by atoms with van der Waals surface area (Å²) in [6, 6.07) is 16.1. The first kappa shape index (κ1) is 40.0. The van der Waals surface area contributed by atoms with Gasteiger partial charge >= 0.3 is 0 Å². The number of amides is 5. The van der Waals surface area contributed by atoms with Crippen LogP contribution in [0.5, 0.6) is 5.75 Å². The topological polar surface area (TPSA) is 168 Å². The van der Waals surface area contributed by atoms with Crippen molar-refractivity contribution in [3.05, 3.63) is 82.7 Å². The molecule has 5 heterocycles. The van der Waals surface area contributed by atoms with E-state index in [2.05, 4.69) is 64.1 Å². The molecule has 308 valence electrons. The molecule has 4 aliphatic heterocycles. The zero-order chi connectivity index (χ0) is 41.8. The molecular formula is C45H52N8O6. The lowest BCUT2D eigenvalue weighted by Crippen LogP contribution is -2.74. The van der Waals surface area contributed by atoms with E-state index in [1.807, 2.05) is 43.3 Å². The number of carbonyl (C=O) groups is 5. The Kier molecular flexibility index (Phi) is 10.4. The van der Waals surface area contributed by atoms with Gasteiger partial charge in [-0.05, 0) is 86.2 Å². The fourth-order valence-corrected chi connectivity index (χ4v) is 10.3. The number of fused-ring (bicyclic) bond motifs is 1. The van der Waals surface area contributed by atoms with E-state index in [9.17, 15) is 29.2 Å². The van der Waals surface area contributed by atoms with Gasteiger partial charge in [-0.1, -0.05) is 27.7 Å². The van der Waals surface area contributed by atoms with E-state index in [4.69, 9.17) is 4.74 Å². The van der Waals surface area contributed by atoms with Crippen molar-refractivity contribution in [1.82, 2.24) is 25.4 Å². The first-order valence-electron chi connectivity index (χ1n) is 20.7. The van der Waals surface area contributed by atoms with E-state index >= 15 is 0 Å². The smallest absolute Gasteiger partial charge is 0.262 e. The molecule has 5 amide bonds. The predicted molar refractivity (Wildman–Crippen MR) is 220 cm³/mol. The molecule has 2 aromatic carbocycles. The second kappa shape index (κ2) is 15.4. The lowest BCUT2D eigenvalue weighted by molar-refractivity contribution is -0.164. The number of nitrogens with zero attached hydrogens (tertiary/aromatic N) is 6. The summed E-state index contributed by atoms with van der Waals surface area (Å²) < 4.78 is 6.40. The van der Waals surface area contributed by atoms with Crippen molar-refractivity contribution >= 4 is 40.9 Å². The number of nitriles is 1. The Morgan fingerprint density at radius 1 is 0.864 bits per heavy atom. The third-order valence-corrected chi connectivity index (χ3v) is 13.3. The Balaban J connectivity index is 0.789. The van der Waals surface area contributed by atoms with Gasteiger partial charge in [0.15, 0.2) is 0 Å². The number of aryl methyl sites for hydroxylation is 1. The van der Waals surface area contributed by atoms with Crippen LogP contribution in [0.1, 0.15) is 95.7 Å². The Morgan fingerprint density at radius 3 is 2.15 bits per heavy atom. The molecule has 3 aromatic rings. The minimum Gasteiger partial charge on any atom is -0.488 e. The van der Waals surface area contributed by atoms with Crippen LogP contribution in [0.15, 0.2) is 54.7 Å². The molecule has 3 saturated heterocycles. The number of hydrogen-bond donors (Lipinski definition) is 2. The second-order valence-corrected chi connectivity index (χ2v) is 17.9. The van der Waals surface area contributed by atoms with Crippen molar-refractivity contribution in [2.45, 2.75) is 78.5 Å². The van der Waals surface area contributed by atoms with E-state index in [0.29, 0.717) is 34.1 Å². The first-order chi connectivity index (χ1) is 28.1. The van der Waals surface area contributed by atoms with Gasteiger partial charge in [-0.15, -0.1) is 0 Å². The molecule has 59 heavy (non-hydrogen) atoms. The Morgan fingerprint density at radius 2 is 1.51 bits per heavy atom. The van der Waals surface area contributed by atoms with Crippen LogP contribution in [0, 0.1) is 35.0 Å². The average molecular weight is 801 g/mol. The number of rotatable bonds is 9. The molecule has 1 saturated carbocycles. The summed E-state index contributed by atoms with van der Waals surface area (Å²) in [7, 11) is 0. The first-order valence-corrected chi connectivity index (χ1v) is 20.7. The van der Waals surface area contributed by atoms with E-state index in [0.717, 1.165) is 80.5 Å². The van der Waals surface area contributed by atoms with Crippen molar-refractivity contribution < 1.29 is 28.7 Å². The van der Waals surface area contributed by atoms with Crippen LogP contribution in [0.2, 0.25) is 0 Å². The molecule has 1 atom stereocenters. The van der Waals surface area contributed by atoms with Gasteiger partial charge in [-0.25, -0.2) is 4.98 Å². The molecule has 0 radical (unpaired) electrons. The van der Waals surface area contributed by atoms with E-state index in [-0.39, 0.29) is 41.7 Å². The van der Waals surface area contributed by atoms with Crippen molar-refractivity contribution in [3.63, 3.8) is 0 Å². The zero-order valence-corrected chi connectivity index (χ0v) is 34.4. The average Bonchev–Trinajstić information content (AvgIpc) is 3.47. The maximum atomic E-state index is 13.5. The van der Waals surface area contributed by atoms with Crippen LogP contribution in [0.4, 0.5) is 11.4 Å². The van der Waals surface area contributed by atoms with Crippen LogP contribution in [0.3, 0.4) is 0 Å². The summed E-state index contributed by atoms with van der Waals surface area (Å²) in [5.41, 5.74) is 3.71. The number of nitrogens with one attached hydrogen (secondary N) is 2. The number of aromatic nitrogens is 1. The highest BCUT2D eigenvalue weighted by molar-refractivity contribution is 6.23. The van der Waals surface area contributed by atoms with Crippen LogP contribution in [-0.4, -0.2) is 108 Å². The van der Waals surface area contributed by atoms with E-state index in [1.54, 1.807) is 18.3 Å². The molecule has 0 spiro atoms. The van der Waals surface area contributed by atoms with Crippen LogP contribution in [-0.2, 0) is 9.59 Å². The summed E-state index contributed by atoms with van der Waals surface area (Å²) in [6.45, 7) is 16.6. The van der Waals surface area contributed by atoms with Crippen molar-refractivity contribution in [2.24, 2.45) is 16.7 Å². The number of imide groups is 2. The van der Waals surface area contributed by atoms with Crippen molar-refractivity contribution in [3.8, 4) is 11.8 Å². The summed E-state index contributed by atoms with van der Waals surface area (Å²) >= 11 is 0. The molecule has 14 nitrogen and oxygen atoms in total. The van der Waals surface area contributed by atoms with Gasteiger partial charge in [0.1, 0.15) is 29.7 Å². The number of pyridine rings is 1. The molecule has 14 heteroatoms. The minimum atomic E-state index is -0.974. The Labute approximate surface area is 344 Å². The van der Waals surface area contributed by atoms with Crippen LogP contribution < -0.4 is 25.2 Å². The quantitative estimate of drug-likeness (QED) is 0.296. The second-order valence-electron chi connectivity index (χ2n) is 17.9. The predicted octanol–water partition coefficient (Wildman–Crippen LogP) is 4.31. The molecule has 1 aromatic heterocycles. The van der Waals surface area contributed by atoms with Gasteiger partial charge in [0.2, 0.25) is 11.8 Å². The van der Waals surface area contributed by atoms with Crippen LogP contribution >= 0.6 is 0 Å². The number of hydrogen-bond acceptors (Lipinski definition) is 11. The maximum Gasteiger partial charge on any atom is 0.262 e. The Hall–Kier alpha value is -5.81. The number of anilines is 2. The standard InChI is InChI=1S/C45H52N8O6/c1-27-22-32(25-47-35(27)24-46)59-43-44(2,3)42(45(43,4)5)49-38(55)29-6-8-30(9-7-29)51-16-14-28(15-17-51)26-50-18-20-52(21-19-50)31-10-11-33-34(23-31)41(58)53(40(33)57)36-12-13-37(54)48-39(36)56/h6-11,22-23,25,28,36,42-43H,12-21,26H2,1-5H3,(H,49,55)(H,48,54,56). The van der Waals surface area contributed by atoms with Gasteiger partial charge in [0.25, 0.3) is 17.7 Å². The molecule has 0 bridgehead atoms. The molecule has 5 aliphatic rings. The number of piperidine rings is 2. The molecule has 4 fully saturated rings. The highest BCUT2D eigenvalue weighted by Crippen LogP contribution is 2.55. The lowest BCUT2D eigenvalue weighted by atomic mass is 9.49. The molecule has 1 unspecified atom stereocenters. The number of benzene rings is 2. The number of ether oxygens (including phenoxy) is 1. The van der Waals surface area contributed by atoms with Crippen LogP contribution in [0.25, 0.3) is 0 Å². The summed E-state index contributed by atoms with van der Waals surface area (Å²) in [6.07, 6.45) is 3.82. The van der Waals surface area contributed by atoms with Crippen molar-refractivity contribution in [2.75, 3.05) is 55.6 Å². The van der Waals surface area contributed by atoms with E-state index < -0.39 is 29.7 Å². The third-order valence-electron chi connectivity index (χ3n) is 13.3. The summed E-state index contributed by atoms with van der Waals surface area (Å²) in [5.74, 6) is -0.874. The molecule has 1 aliphatic carbocycles. The SMILES string of the molecule is Cc1cc(OC2C(C)(C)C(NC(=O)c3ccc(N4CCC(CN5CCN(c6ccc7c(c6)C(=O)N(C6CCC(=O)NC6=O)C7=O)CC5)CC4)cc3)C2(C)C)cnc1C#N. The number of carbonyl (C=O) groups excluding carboxylic acids is 5. The van der Waals surface area contributed by atoms with Crippen molar-refractivity contribution in [1.29, 1.82) is 5.26 Å². The molecule has 8 rings (SSSR count). The number of piperazine rings is 1. The molecule has 2 N–H and O–H groups in total. The normalized spacial score (nSPS) is 24.3. The third kappa shape index (κ3) is 7.41. The fourth-order valence-electron chi connectivity index (χ4n) is 10.3. The van der Waals surface area contributed by atoms with Gasteiger partial charge in [-0.3, -0.25) is 39.1 Å². The fraction of sp³-hybridized carbons (Fsp3) is 0.489. The minimum absolute atomic E-state index is 0.0912. The maximum absolute atomic E-state index is 13.5. The Bertz CT molecular complexity index is 2220. The van der Waals surface area contributed by atoms with Gasteiger partial charge < -0.3 is 19.9 Å². The summed E-state index contributed by atoms with van der Waals surface area (Å²) in [5, 5.41) is 14.8. The largest absolute Gasteiger partial charge is 0.488 e. The molecular weight excluding hydrogens is 749 g/mol. The van der Waals surface area contributed by atoms with Gasteiger partial charge in [0, 0.05) is 86.0 Å².